The van der Waals surface area contributed by atoms with Crippen LogP contribution in [0, 0.1) is 6.92 Å². The maximum atomic E-state index is 6.03. The summed E-state index contributed by atoms with van der Waals surface area (Å²) < 4.78 is 0. The maximum absolute atomic E-state index is 6.03. The van der Waals surface area contributed by atoms with Crippen LogP contribution in [0.1, 0.15) is 23.6 Å². The van der Waals surface area contributed by atoms with E-state index in [1.165, 1.54) is 0 Å². The molecular formula is C13H12Cl2N2. The summed E-state index contributed by atoms with van der Waals surface area (Å²) >= 11 is 12.0. The molecule has 0 saturated carbocycles. The first kappa shape index (κ1) is 12.3. The Morgan fingerprint density at radius 1 is 1.29 bits per heavy atom. The number of hydrogen-bond acceptors (Lipinski definition) is 2. The number of hydrogen-bond donors (Lipinski definition) is 0. The fraction of sp³-hybridized carbons (Fsp3) is 0.231. The lowest BCUT2D eigenvalue weighted by atomic mass is 10.1. The second-order valence-electron chi connectivity index (χ2n) is 3.86. The monoisotopic (exact) mass is 266 g/mol. The SMILES string of the molecule is Cc1nc(-c2cccc(Cl)c2)ncc1C(C)Cl. The molecule has 0 radical (unpaired) electrons. The van der Waals surface area contributed by atoms with Gasteiger partial charge in [0.15, 0.2) is 5.82 Å². The molecule has 1 aromatic heterocycles. The van der Waals surface area contributed by atoms with Crippen LogP contribution in [0.3, 0.4) is 0 Å². The Morgan fingerprint density at radius 2 is 2.06 bits per heavy atom. The number of nitrogens with zero attached hydrogens (tertiary/aromatic N) is 2. The van der Waals surface area contributed by atoms with Crippen LogP contribution in [0.25, 0.3) is 11.4 Å². The topological polar surface area (TPSA) is 25.8 Å². The summed E-state index contributed by atoms with van der Waals surface area (Å²) in [5.74, 6) is 0.672. The molecule has 2 nitrogen and oxygen atoms in total. The first-order valence-corrected chi connectivity index (χ1v) is 6.13. The average molecular weight is 267 g/mol. The molecule has 0 spiro atoms. The van der Waals surface area contributed by atoms with Gasteiger partial charge in [-0.25, -0.2) is 9.97 Å². The molecule has 0 aliphatic rings. The molecule has 1 heterocycles. The van der Waals surface area contributed by atoms with Crippen LogP contribution >= 0.6 is 23.2 Å². The molecule has 0 amide bonds. The summed E-state index contributed by atoms with van der Waals surface area (Å²) in [7, 11) is 0. The Bertz CT molecular complexity index is 539. The lowest BCUT2D eigenvalue weighted by molar-refractivity contribution is 0.976. The molecular weight excluding hydrogens is 255 g/mol. The van der Waals surface area contributed by atoms with Crippen LogP contribution in [0.4, 0.5) is 0 Å². The predicted octanol–water partition coefficient (Wildman–Crippen LogP) is 4.41. The van der Waals surface area contributed by atoms with Gasteiger partial charge in [-0.1, -0.05) is 23.7 Å². The second-order valence-corrected chi connectivity index (χ2v) is 4.95. The highest BCUT2D eigenvalue weighted by molar-refractivity contribution is 6.30. The van der Waals surface area contributed by atoms with Crippen molar-refractivity contribution in [2.24, 2.45) is 0 Å². The van der Waals surface area contributed by atoms with Gasteiger partial charge in [-0.05, 0) is 26.0 Å². The average Bonchev–Trinajstić information content (AvgIpc) is 2.28. The number of alkyl halides is 1. The van der Waals surface area contributed by atoms with E-state index < -0.39 is 0 Å². The van der Waals surface area contributed by atoms with Gasteiger partial charge in [0.2, 0.25) is 0 Å². The molecule has 0 aliphatic heterocycles. The molecule has 2 rings (SSSR count). The van der Waals surface area contributed by atoms with Gasteiger partial charge in [-0.3, -0.25) is 0 Å². The molecule has 0 saturated heterocycles. The van der Waals surface area contributed by atoms with E-state index in [4.69, 9.17) is 23.2 Å². The fourth-order valence-corrected chi connectivity index (χ4v) is 2.04. The van der Waals surface area contributed by atoms with Crippen LogP contribution in [0.15, 0.2) is 30.5 Å². The highest BCUT2D eigenvalue weighted by Gasteiger charge is 2.09. The van der Waals surface area contributed by atoms with Gasteiger partial charge in [0.05, 0.1) is 5.38 Å². The molecule has 0 N–H and O–H groups in total. The van der Waals surface area contributed by atoms with Gasteiger partial charge < -0.3 is 0 Å². The quantitative estimate of drug-likeness (QED) is 0.753. The van der Waals surface area contributed by atoms with E-state index in [0.29, 0.717) is 10.8 Å². The van der Waals surface area contributed by atoms with Crippen molar-refractivity contribution < 1.29 is 0 Å². The van der Waals surface area contributed by atoms with Crippen LogP contribution in [-0.2, 0) is 0 Å². The summed E-state index contributed by atoms with van der Waals surface area (Å²) in [6.45, 7) is 3.84. The molecule has 4 heteroatoms. The zero-order valence-electron chi connectivity index (χ0n) is 9.61. The van der Waals surface area contributed by atoms with Crippen LogP contribution in [0.2, 0.25) is 5.02 Å². The number of rotatable bonds is 2. The molecule has 1 unspecified atom stereocenters. The van der Waals surface area contributed by atoms with E-state index in [9.17, 15) is 0 Å². The van der Waals surface area contributed by atoms with Crippen molar-refractivity contribution >= 4 is 23.2 Å². The Hall–Kier alpha value is -1.12. The van der Waals surface area contributed by atoms with Gasteiger partial charge in [-0.15, -0.1) is 11.6 Å². The van der Waals surface area contributed by atoms with E-state index in [2.05, 4.69) is 9.97 Å². The summed E-state index contributed by atoms with van der Waals surface area (Å²) in [5, 5.41) is 0.599. The van der Waals surface area contributed by atoms with E-state index in [-0.39, 0.29) is 5.38 Å². The Morgan fingerprint density at radius 3 is 2.65 bits per heavy atom. The highest BCUT2D eigenvalue weighted by atomic mass is 35.5. The fourth-order valence-electron chi connectivity index (χ4n) is 1.63. The zero-order valence-corrected chi connectivity index (χ0v) is 11.1. The van der Waals surface area contributed by atoms with Crippen molar-refractivity contribution in [2.45, 2.75) is 19.2 Å². The van der Waals surface area contributed by atoms with Crippen LogP contribution in [0.5, 0.6) is 0 Å². The third-order valence-electron chi connectivity index (χ3n) is 2.53. The predicted molar refractivity (Wildman–Crippen MR) is 71.5 cm³/mol. The first-order chi connectivity index (χ1) is 8.08. The largest absolute Gasteiger partial charge is 0.236 e. The summed E-state index contributed by atoms with van der Waals surface area (Å²) in [6, 6.07) is 7.49. The third kappa shape index (κ3) is 2.76. The van der Waals surface area contributed by atoms with Crippen LogP contribution in [-0.4, -0.2) is 9.97 Å². The van der Waals surface area contributed by atoms with Crippen LogP contribution < -0.4 is 0 Å². The standard InChI is InChI=1S/C13H12Cl2N2/c1-8(14)12-7-16-13(17-9(12)2)10-4-3-5-11(15)6-10/h3-8H,1-2H3. The Balaban J connectivity index is 2.44. The van der Waals surface area contributed by atoms with Gasteiger partial charge in [-0.2, -0.15) is 0 Å². The van der Waals surface area contributed by atoms with Crippen molar-refractivity contribution in [1.29, 1.82) is 0 Å². The minimum atomic E-state index is -0.0802. The number of benzene rings is 1. The van der Waals surface area contributed by atoms with Crippen molar-refractivity contribution in [2.75, 3.05) is 0 Å². The number of aromatic nitrogens is 2. The zero-order chi connectivity index (χ0) is 12.4. The molecule has 0 bridgehead atoms. The summed E-state index contributed by atoms with van der Waals surface area (Å²) in [5.41, 5.74) is 2.77. The molecule has 0 fully saturated rings. The number of aryl methyl sites for hydroxylation is 1. The molecule has 1 aromatic carbocycles. The van der Waals surface area contributed by atoms with Gasteiger partial charge >= 0.3 is 0 Å². The lowest BCUT2D eigenvalue weighted by Crippen LogP contribution is -1.98. The molecule has 17 heavy (non-hydrogen) atoms. The first-order valence-electron chi connectivity index (χ1n) is 5.31. The van der Waals surface area contributed by atoms with E-state index in [1.54, 1.807) is 6.20 Å². The number of halogens is 2. The van der Waals surface area contributed by atoms with E-state index in [0.717, 1.165) is 16.8 Å². The Kier molecular flexibility index (Phi) is 3.65. The van der Waals surface area contributed by atoms with Crippen molar-refractivity contribution in [3.63, 3.8) is 0 Å². The van der Waals surface area contributed by atoms with Crippen molar-refractivity contribution in [3.8, 4) is 11.4 Å². The smallest absolute Gasteiger partial charge is 0.159 e. The normalized spacial score (nSPS) is 12.5. The maximum Gasteiger partial charge on any atom is 0.159 e. The Labute approximate surface area is 111 Å². The third-order valence-corrected chi connectivity index (χ3v) is 3.00. The second kappa shape index (κ2) is 5.03. The lowest BCUT2D eigenvalue weighted by Gasteiger charge is -2.08. The van der Waals surface area contributed by atoms with Crippen molar-refractivity contribution in [3.05, 3.63) is 46.7 Å². The van der Waals surface area contributed by atoms with Gasteiger partial charge in [0, 0.05) is 28.0 Å². The molecule has 0 aliphatic carbocycles. The molecule has 1 atom stereocenters. The van der Waals surface area contributed by atoms with Crippen molar-refractivity contribution in [1.82, 2.24) is 9.97 Å². The van der Waals surface area contributed by atoms with Gasteiger partial charge in [0.1, 0.15) is 0 Å². The highest BCUT2D eigenvalue weighted by Crippen LogP contribution is 2.24. The minimum Gasteiger partial charge on any atom is -0.236 e. The summed E-state index contributed by atoms with van der Waals surface area (Å²) in [6.07, 6.45) is 1.77. The van der Waals surface area contributed by atoms with E-state index in [1.807, 2.05) is 38.1 Å². The molecule has 88 valence electrons. The molecule has 2 aromatic rings. The summed E-state index contributed by atoms with van der Waals surface area (Å²) in [4.78, 5) is 8.77. The minimum absolute atomic E-state index is 0.0802. The van der Waals surface area contributed by atoms with E-state index >= 15 is 0 Å². The van der Waals surface area contributed by atoms with Gasteiger partial charge in [0.25, 0.3) is 0 Å².